The SMILES string of the molecule is COc1ccc(-c2nc3cc(CC(N)C(=O)O)ccc3o2)c2ccccc12. The molecular formula is C21H18N2O4. The van der Waals surface area contributed by atoms with E-state index in [2.05, 4.69) is 4.98 Å². The molecule has 0 amide bonds. The standard InChI is InChI=1S/C21H18N2O4/c1-26-18-9-7-15(13-4-2-3-5-14(13)18)20-23-17-11-12(6-8-19(17)27-20)10-16(22)21(24)25/h2-9,11,16H,10,22H2,1H3,(H,24,25). The first-order valence-electron chi connectivity index (χ1n) is 8.51. The van der Waals surface area contributed by atoms with Gasteiger partial charge in [-0.2, -0.15) is 0 Å². The van der Waals surface area contributed by atoms with Crippen molar-refractivity contribution in [2.75, 3.05) is 7.11 Å². The predicted octanol–water partition coefficient (Wildman–Crippen LogP) is 3.61. The number of ether oxygens (including phenoxy) is 1. The van der Waals surface area contributed by atoms with Crippen molar-refractivity contribution in [3.8, 4) is 17.2 Å². The monoisotopic (exact) mass is 362 g/mol. The summed E-state index contributed by atoms with van der Waals surface area (Å²) in [6.45, 7) is 0. The fourth-order valence-electron chi connectivity index (χ4n) is 3.19. The molecule has 0 saturated carbocycles. The Hall–Kier alpha value is -3.38. The molecule has 0 radical (unpaired) electrons. The van der Waals surface area contributed by atoms with Gasteiger partial charge in [-0.1, -0.05) is 30.3 Å². The minimum atomic E-state index is -1.03. The topological polar surface area (TPSA) is 98.6 Å². The summed E-state index contributed by atoms with van der Waals surface area (Å²) in [5, 5.41) is 10.9. The van der Waals surface area contributed by atoms with Gasteiger partial charge in [-0.05, 0) is 41.6 Å². The summed E-state index contributed by atoms with van der Waals surface area (Å²) < 4.78 is 11.4. The van der Waals surface area contributed by atoms with Gasteiger partial charge in [0.25, 0.3) is 0 Å². The van der Waals surface area contributed by atoms with Gasteiger partial charge in [0.1, 0.15) is 17.3 Å². The van der Waals surface area contributed by atoms with E-state index in [1.807, 2.05) is 48.5 Å². The number of rotatable bonds is 5. The van der Waals surface area contributed by atoms with Gasteiger partial charge in [0.05, 0.1) is 7.11 Å². The number of hydrogen-bond acceptors (Lipinski definition) is 5. The second kappa shape index (κ2) is 6.74. The van der Waals surface area contributed by atoms with E-state index in [-0.39, 0.29) is 6.42 Å². The highest BCUT2D eigenvalue weighted by Gasteiger charge is 2.16. The third kappa shape index (κ3) is 3.11. The van der Waals surface area contributed by atoms with Crippen LogP contribution in [-0.4, -0.2) is 29.2 Å². The first kappa shape index (κ1) is 17.1. The van der Waals surface area contributed by atoms with Gasteiger partial charge in [0.15, 0.2) is 5.58 Å². The molecule has 3 N–H and O–H groups in total. The van der Waals surface area contributed by atoms with Crippen molar-refractivity contribution in [3.05, 3.63) is 60.2 Å². The number of carbonyl (C=O) groups is 1. The van der Waals surface area contributed by atoms with E-state index < -0.39 is 12.0 Å². The van der Waals surface area contributed by atoms with E-state index in [9.17, 15) is 4.79 Å². The molecule has 1 aromatic heterocycles. The molecule has 1 unspecified atom stereocenters. The Bertz CT molecular complexity index is 1150. The number of aromatic nitrogens is 1. The Labute approximate surface area is 155 Å². The molecule has 1 atom stereocenters. The number of carboxylic acids is 1. The van der Waals surface area contributed by atoms with E-state index in [0.717, 1.165) is 27.6 Å². The summed E-state index contributed by atoms with van der Waals surface area (Å²) in [7, 11) is 1.64. The van der Waals surface area contributed by atoms with Gasteiger partial charge in [0.2, 0.25) is 5.89 Å². The molecule has 4 rings (SSSR count). The summed E-state index contributed by atoms with van der Waals surface area (Å²) in [6.07, 6.45) is 0.235. The number of carboxylic acid groups (broad SMARTS) is 1. The maximum atomic E-state index is 11.0. The fraction of sp³-hybridized carbons (Fsp3) is 0.143. The summed E-state index contributed by atoms with van der Waals surface area (Å²) in [5.41, 5.74) is 8.60. The van der Waals surface area contributed by atoms with E-state index in [1.54, 1.807) is 13.2 Å². The van der Waals surface area contributed by atoms with Crippen molar-refractivity contribution in [1.82, 2.24) is 4.98 Å². The first-order chi connectivity index (χ1) is 13.1. The summed E-state index contributed by atoms with van der Waals surface area (Å²) in [6, 6.07) is 16.2. The predicted molar refractivity (Wildman–Crippen MR) is 103 cm³/mol. The molecule has 3 aromatic carbocycles. The Kier molecular flexibility index (Phi) is 4.25. The molecule has 0 bridgehead atoms. The van der Waals surface area contributed by atoms with E-state index in [1.165, 1.54) is 0 Å². The molecule has 0 fully saturated rings. The number of nitrogens with two attached hydrogens (primary N) is 1. The number of benzene rings is 3. The molecule has 27 heavy (non-hydrogen) atoms. The molecule has 0 saturated heterocycles. The number of oxazole rings is 1. The average molecular weight is 362 g/mol. The van der Waals surface area contributed by atoms with E-state index in [4.69, 9.17) is 20.0 Å². The van der Waals surface area contributed by atoms with Crippen molar-refractivity contribution < 1.29 is 19.1 Å². The zero-order chi connectivity index (χ0) is 19.0. The third-order valence-corrected chi connectivity index (χ3v) is 4.56. The largest absolute Gasteiger partial charge is 0.496 e. The highest BCUT2D eigenvalue weighted by Crippen LogP contribution is 2.35. The molecular weight excluding hydrogens is 344 g/mol. The number of nitrogens with zero attached hydrogens (tertiary/aromatic N) is 1. The zero-order valence-corrected chi connectivity index (χ0v) is 14.7. The molecule has 0 aliphatic heterocycles. The van der Waals surface area contributed by atoms with Crippen molar-refractivity contribution in [2.24, 2.45) is 5.73 Å². The van der Waals surface area contributed by atoms with Crippen molar-refractivity contribution in [2.45, 2.75) is 12.5 Å². The number of methoxy groups -OCH3 is 1. The van der Waals surface area contributed by atoms with Crippen molar-refractivity contribution in [3.63, 3.8) is 0 Å². The molecule has 6 nitrogen and oxygen atoms in total. The quantitative estimate of drug-likeness (QED) is 0.563. The first-order valence-corrected chi connectivity index (χ1v) is 8.51. The van der Waals surface area contributed by atoms with Crippen LogP contribution in [0.1, 0.15) is 5.56 Å². The van der Waals surface area contributed by atoms with Gasteiger partial charge >= 0.3 is 5.97 Å². The maximum Gasteiger partial charge on any atom is 0.320 e. The number of hydrogen-bond donors (Lipinski definition) is 2. The van der Waals surface area contributed by atoms with Crippen LogP contribution in [0.15, 0.2) is 59.0 Å². The van der Waals surface area contributed by atoms with E-state index in [0.29, 0.717) is 17.0 Å². The normalized spacial score (nSPS) is 12.4. The Morgan fingerprint density at radius 1 is 1.19 bits per heavy atom. The lowest BCUT2D eigenvalue weighted by molar-refractivity contribution is -0.138. The van der Waals surface area contributed by atoms with E-state index >= 15 is 0 Å². The zero-order valence-electron chi connectivity index (χ0n) is 14.7. The lowest BCUT2D eigenvalue weighted by atomic mass is 10.0. The molecule has 0 aliphatic carbocycles. The van der Waals surface area contributed by atoms with Crippen molar-refractivity contribution in [1.29, 1.82) is 0 Å². The number of fused-ring (bicyclic) bond motifs is 2. The number of aliphatic carboxylic acids is 1. The smallest absolute Gasteiger partial charge is 0.320 e. The van der Waals surface area contributed by atoms with Crippen LogP contribution in [0.25, 0.3) is 33.3 Å². The van der Waals surface area contributed by atoms with Gasteiger partial charge in [-0.15, -0.1) is 0 Å². The third-order valence-electron chi connectivity index (χ3n) is 4.56. The molecule has 0 spiro atoms. The lowest BCUT2D eigenvalue weighted by Gasteiger charge is -2.08. The molecule has 1 heterocycles. The molecule has 0 aliphatic rings. The second-order valence-corrected chi connectivity index (χ2v) is 6.33. The van der Waals surface area contributed by atoms with Crippen LogP contribution in [0.5, 0.6) is 5.75 Å². The average Bonchev–Trinajstić information content (AvgIpc) is 3.10. The van der Waals surface area contributed by atoms with Crippen LogP contribution >= 0.6 is 0 Å². The summed E-state index contributed by atoms with van der Waals surface area (Å²) in [5.74, 6) is 0.264. The van der Waals surface area contributed by atoms with Crippen LogP contribution < -0.4 is 10.5 Å². The summed E-state index contributed by atoms with van der Waals surface area (Å²) in [4.78, 5) is 15.6. The maximum absolute atomic E-state index is 11.0. The van der Waals surface area contributed by atoms with Crippen LogP contribution in [0, 0.1) is 0 Å². The molecule has 6 heteroatoms. The highest BCUT2D eigenvalue weighted by atomic mass is 16.5. The van der Waals surface area contributed by atoms with Crippen molar-refractivity contribution >= 4 is 27.8 Å². The van der Waals surface area contributed by atoms with Crippen LogP contribution in [0.2, 0.25) is 0 Å². The summed E-state index contributed by atoms with van der Waals surface area (Å²) >= 11 is 0. The Morgan fingerprint density at radius 3 is 2.70 bits per heavy atom. The highest BCUT2D eigenvalue weighted by molar-refractivity contribution is 5.99. The molecule has 136 valence electrons. The van der Waals surface area contributed by atoms with Crippen LogP contribution in [0.3, 0.4) is 0 Å². The van der Waals surface area contributed by atoms with Gasteiger partial charge < -0.3 is 20.0 Å². The van der Waals surface area contributed by atoms with Crippen LogP contribution in [-0.2, 0) is 11.2 Å². The van der Waals surface area contributed by atoms with Crippen LogP contribution in [0.4, 0.5) is 0 Å². The Morgan fingerprint density at radius 2 is 1.96 bits per heavy atom. The lowest BCUT2D eigenvalue weighted by Crippen LogP contribution is -2.32. The van der Waals surface area contributed by atoms with Gasteiger partial charge in [0, 0.05) is 10.9 Å². The fourth-order valence-corrected chi connectivity index (χ4v) is 3.19. The second-order valence-electron chi connectivity index (χ2n) is 6.33. The Balaban J connectivity index is 1.79. The minimum absolute atomic E-state index is 0.235. The van der Waals surface area contributed by atoms with Gasteiger partial charge in [-0.3, -0.25) is 4.79 Å². The van der Waals surface area contributed by atoms with Gasteiger partial charge in [-0.25, -0.2) is 4.98 Å². The minimum Gasteiger partial charge on any atom is -0.496 e. The molecule has 4 aromatic rings.